The summed E-state index contributed by atoms with van der Waals surface area (Å²) < 4.78 is 43.7. The fourth-order valence-corrected chi connectivity index (χ4v) is 3.32. The molecule has 1 aromatic heterocycles. The van der Waals surface area contributed by atoms with E-state index in [0.29, 0.717) is 39.1 Å². The number of alkyl halides is 2. The number of thioether (sulfide) groups is 2. The van der Waals surface area contributed by atoms with Gasteiger partial charge >= 0.3 is 0 Å². The molecule has 0 fully saturated rings. The highest BCUT2D eigenvalue weighted by Gasteiger charge is 2.11. The highest BCUT2D eigenvalue weighted by Crippen LogP contribution is 2.27. The number of aromatic nitrogens is 2. The molecule has 8 heteroatoms. The fraction of sp³-hybridized carbons (Fsp3) is 0.176. The third-order valence-electron chi connectivity index (χ3n) is 3.26. The molecule has 0 bridgehead atoms. The van der Waals surface area contributed by atoms with Crippen molar-refractivity contribution in [1.82, 2.24) is 10.2 Å². The summed E-state index contributed by atoms with van der Waals surface area (Å²) in [5, 5.41) is 8.24. The third-order valence-corrected chi connectivity index (χ3v) is 4.87. The number of hydrogen-bond acceptors (Lipinski definition) is 5. The average Bonchev–Trinajstić information content (AvgIpc) is 3.03. The lowest BCUT2D eigenvalue weighted by Crippen LogP contribution is -1.92. The van der Waals surface area contributed by atoms with Crippen LogP contribution in [0, 0.1) is 5.82 Å². The van der Waals surface area contributed by atoms with Gasteiger partial charge in [-0.3, -0.25) is 0 Å². The van der Waals surface area contributed by atoms with Gasteiger partial charge in [0, 0.05) is 10.6 Å². The van der Waals surface area contributed by atoms with Gasteiger partial charge in [-0.25, -0.2) is 4.39 Å². The molecule has 0 aliphatic heterocycles. The van der Waals surface area contributed by atoms with E-state index in [1.165, 1.54) is 17.8 Å². The van der Waals surface area contributed by atoms with E-state index in [9.17, 15) is 13.2 Å². The Labute approximate surface area is 151 Å². The van der Waals surface area contributed by atoms with Crippen molar-refractivity contribution in [2.75, 3.05) is 0 Å². The molecule has 0 radical (unpaired) electrons. The molecular formula is C17H13F3N2OS2. The van der Waals surface area contributed by atoms with Gasteiger partial charge < -0.3 is 4.42 Å². The summed E-state index contributed by atoms with van der Waals surface area (Å²) >= 11 is 1.86. The van der Waals surface area contributed by atoms with E-state index in [1.54, 1.807) is 42.5 Å². The zero-order chi connectivity index (χ0) is 17.6. The fourth-order valence-electron chi connectivity index (χ4n) is 2.08. The van der Waals surface area contributed by atoms with Gasteiger partial charge in [0.2, 0.25) is 5.89 Å². The van der Waals surface area contributed by atoms with E-state index in [2.05, 4.69) is 10.2 Å². The standard InChI is InChI=1S/C17H13F3N2OS2/c18-14-4-2-1-3-12(14)9-15-21-22-17(23-15)24-10-11-5-7-13(8-6-11)25-16(19)20/h1-8,16H,9-10H2. The number of nitrogens with zero attached hydrogens (tertiary/aromatic N) is 2. The van der Waals surface area contributed by atoms with Crippen molar-refractivity contribution in [2.45, 2.75) is 28.0 Å². The van der Waals surface area contributed by atoms with Crippen LogP contribution < -0.4 is 0 Å². The molecule has 1 heterocycles. The molecule has 25 heavy (non-hydrogen) atoms. The molecule has 0 spiro atoms. The molecule has 3 nitrogen and oxygen atoms in total. The highest BCUT2D eigenvalue weighted by molar-refractivity contribution is 7.99. The normalized spacial score (nSPS) is 11.2. The van der Waals surface area contributed by atoms with Crippen molar-refractivity contribution in [3.63, 3.8) is 0 Å². The van der Waals surface area contributed by atoms with Crippen LogP contribution in [0.15, 0.2) is 63.1 Å². The van der Waals surface area contributed by atoms with E-state index in [0.717, 1.165) is 5.56 Å². The maximum Gasteiger partial charge on any atom is 0.288 e. The van der Waals surface area contributed by atoms with Crippen LogP contribution in [0.25, 0.3) is 0 Å². The van der Waals surface area contributed by atoms with Crippen molar-refractivity contribution in [2.24, 2.45) is 0 Å². The molecule has 0 saturated carbocycles. The van der Waals surface area contributed by atoms with Gasteiger partial charge in [0.15, 0.2) is 0 Å². The minimum atomic E-state index is -2.42. The van der Waals surface area contributed by atoms with Crippen LogP contribution in [0.1, 0.15) is 17.0 Å². The lowest BCUT2D eigenvalue weighted by molar-refractivity contribution is 0.252. The van der Waals surface area contributed by atoms with Crippen LogP contribution >= 0.6 is 23.5 Å². The topological polar surface area (TPSA) is 38.9 Å². The van der Waals surface area contributed by atoms with E-state index in [4.69, 9.17) is 4.42 Å². The number of rotatable bonds is 7. The Bertz CT molecular complexity index is 825. The molecule has 0 aliphatic carbocycles. The molecule has 3 rings (SSSR count). The van der Waals surface area contributed by atoms with E-state index >= 15 is 0 Å². The zero-order valence-corrected chi connectivity index (χ0v) is 14.5. The van der Waals surface area contributed by atoms with Crippen molar-refractivity contribution in [3.05, 3.63) is 71.4 Å². The van der Waals surface area contributed by atoms with Crippen LogP contribution in [-0.2, 0) is 12.2 Å². The summed E-state index contributed by atoms with van der Waals surface area (Å²) in [5.41, 5.74) is 1.45. The smallest absolute Gasteiger partial charge is 0.288 e. The van der Waals surface area contributed by atoms with Crippen LogP contribution in [0.4, 0.5) is 13.2 Å². The monoisotopic (exact) mass is 382 g/mol. The van der Waals surface area contributed by atoms with Crippen molar-refractivity contribution in [3.8, 4) is 0 Å². The molecule has 0 N–H and O–H groups in total. The predicted octanol–water partition coefficient (Wildman–Crippen LogP) is 5.41. The second kappa shape index (κ2) is 8.44. The molecule has 0 amide bonds. The first-order valence-electron chi connectivity index (χ1n) is 7.32. The summed E-state index contributed by atoms with van der Waals surface area (Å²) in [7, 11) is 0. The third kappa shape index (κ3) is 5.27. The first kappa shape index (κ1) is 17.9. The van der Waals surface area contributed by atoms with Gasteiger partial charge in [-0.2, -0.15) is 8.78 Å². The lowest BCUT2D eigenvalue weighted by Gasteiger charge is -2.02. The Hall–Kier alpha value is -1.93. The van der Waals surface area contributed by atoms with Crippen molar-refractivity contribution in [1.29, 1.82) is 0 Å². The summed E-state index contributed by atoms with van der Waals surface area (Å²) in [6.45, 7) is 0. The van der Waals surface area contributed by atoms with Crippen LogP contribution in [0.5, 0.6) is 0 Å². The molecule has 0 saturated heterocycles. The zero-order valence-electron chi connectivity index (χ0n) is 12.9. The van der Waals surface area contributed by atoms with Crippen LogP contribution in [-0.4, -0.2) is 16.0 Å². The molecular weight excluding hydrogens is 369 g/mol. The summed E-state index contributed by atoms with van der Waals surface area (Å²) in [5.74, 6) is -1.82. The van der Waals surface area contributed by atoms with Gasteiger partial charge in [-0.1, -0.05) is 53.9 Å². The first-order chi connectivity index (χ1) is 12.1. The average molecular weight is 382 g/mol. The SMILES string of the molecule is Fc1ccccc1Cc1nnc(SCc2ccc(SC(F)F)cc2)o1. The maximum atomic E-state index is 13.6. The summed E-state index contributed by atoms with van der Waals surface area (Å²) in [6.07, 6.45) is 0.236. The summed E-state index contributed by atoms with van der Waals surface area (Å²) in [6, 6.07) is 13.3. The Morgan fingerprint density at radius 1 is 1.00 bits per heavy atom. The van der Waals surface area contributed by atoms with Gasteiger partial charge in [-0.05, 0) is 29.3 Å². The second-order valence-electron chi connectivity index (χ2n) is 5.04. The van der Waals surface area contributed by atoms with Gasteiger partial charge in [0.1, 0.15) is 5.82 Å². The van der Waals surface area contributed by atoms with Crippen LogP contribution in [0.2, 0.25) is 0 Å². The second-order valence-corrected chi connectivity index (χ2v) is 7.03. The molecule has 2 aromatic carbocycles. The highest BCUT2D eigenvalue weighted by atomic mass is 32.2. The van der Waals surface area contributed by atoms with Gasteiger partial charge in [0.25, 0.3) is 11.0 Å². The number of hydrogen-bond donors (Lipinski definition) is 0. The van der Waals surface area contributed by atoms with Crippen molar-refractivity contribution >= 4 is 23.5 Å². The Balaban J connectivity index is 1.56. The molecule has 130 valence electrons. The molecule has 0 atom stereocenters. The summed E-state index contributed by atoms with van der Waals surface area (Å²) in [4.78, 5) is 0.522. The Morgan fingerprint density at radius 3 is 2.48 bits per heavy atom. The predicted molar refractivity (Wildman–Crippen MR) is 91.4 cm³/mol. The number of benzene rings is 2. The van der Waals surface area contributed by atoms with E-state index in [1.807, 2.05) is 0 Å². The first-order valence-corrected chi connectivity index (χ1v) is 9.19. The maximum absolute atomic E-state index is 13.6. The molecule has 0 aliphatic rings. The van der Waals surface area contributed by atoms with E-state index in [-0.39, 0.29) is 12.2 Å². The Morgan fingerprint density at radius 2 is 1.76 bits per heavy atom. The van der Waals surface area contributed by atoms with E-state index < -0.39 is 5.76 Å². The lowest BCUT2D eigenvalue weighted by atomic mass is 10.1. The minimum Gasteiger partial charge on any atom is -0.416 e. The quantitative estimate of drug-likeness (QED) is 0.511. The van der Waals surface area contributed by atoms with Crippen LogP contribution in [0.3, 0.4) is 0 Å². The number of halogens is 3. The molecule has 3 aromatic rings. The minimum absolute atomic E-state index is 0.236. The largest absolute Gasteiger partial charge is 0.416 e. The molecule has 0 unspecified atom stereocenters. The van der Waals surface area contributed by atoms with Crippen molar-refractivity contribution < 1.29 is 17.6 Å². The Kier molecular flexibility index (Phi) is 6.04. The van der Waals surface area contributed by atoms with Gasteiger partial charge in [-0.15, -0.1) is 10.2 Å². The van der Waals surface area contributed by atoms with Gasteiger partial charge in [0.05, 0.1) is 6.42 Å².